The highest BCUT2D eigenvalue weighted by atomic mass is 32.2. The highest BCUT2D eigenvalue weighted by molar-refractivity contribution is 7.86. The number of anilines is 2. The van der Waals surface area contributed by atoms with Crippen molar-refractivity contribution >= 4 is 21.5 Å². The summed E-state index contributed by atoms with van der Waals surface area (Å²) in [6, 6.07) is 9.68. The zero-order valence-corrected chi connectivity index (χ0v) is 13.9. The molecule has 4 N–H and O–H groups in total. The highest BCUT2D eigenvalue weighted by Gasteiger charge is 2.26. The summed E-state index contributed by atoms with van der Waals surface area (Å²) in [5.41, 5.74) is 13.2. The summed E-state index contributed by atoms with van der Waals surface area (Å²) in [7, 11) is -3.86. The number of nitrogen functional groups attached to an aromatic ring is 2. The van der Waals surface area contributed by atoms with Gasteiger partial charge in [-0.15, -0.1) is 0 Å². The van der Waals surface area contributed by atoms with Crippen LogP contribution < -0.4 is 20.9 Å². The molecule has 1 unspecified atom stereocenters. The van der Waals surface area contributed by atoms with Crippen LogP contribution in [0.4, 0.5) is 11.4 Å². The Morgan fingerprint density at radius 3 is 2.58 bits per heavy atom. The maximum absolute atomic E-state index is 12.2. The molecule has 2 aromatic carbocycles. The number of nitrogens with two attached hydrogens (primary N) is 2. The molecule has 0 saturated heterocycles. The fourth-order valence-electron chi connectivity index (χ4n) is 2.23. The second-order valence-corrected chi connectivity index (χ2v) is 7.11. The summed E-state index contributed by atoms with van der Waals surface area (Å²) >= 11 is 0. The minimum atomic E-state index is -3.86. The third-order valence-electron chi connectivity index (χ3n) is 3.62. The number of fused-ring (bicyclic) bond motifs is 1. The van der Waals surface area contributed by atoms with Crippen molar-refractivity contribution in [2.75, 3.05) is 24.7 Å². The lowest BCUT2D eigenvalue weighted by Crippen LogP contribution is -2.34. The van der Waals surface area contributed by atoms with E-state index in [0.717, 1.165) is 5.56 Å². The van der Waals surface area contributed by atoms with Crippen molar-refractivity contribution in [1.82, 2.24) is 0 Å². The third-order valence-corrected chi connectivity index (χ3v) is 4.92. The van der Waals surface area contributed by atoms with E-state index in [-0.39, 0.29) is 23.8 Å². The Morgan fingerprint density at radius 1 is 1.17 bits per heavy atom. The van der Waals surface area contributed by atoms with Crippen molar-refractivity contribution in [2.45, 2.75) is 17.9 Å². The molecule has 0 radical (unpaired) electrons. The Hall–Kier alpha value is -2.45. The first kappa shape index (κ1) is 16.4. The van der Waals surface area contributed by atoms with Crippen LogP contribution in [-0.4, -0.2) is 27.7 Å². The first-order valence-corrected chi connectivity index (χ1v) is 8.71. The zero-order chi connectivity index (χ0) is 17.3. The standard InChI is InChI=1S/C16H18N2O5S/c1-10-2-4-12(5-3-10)24(19,20)22-9-11-8-21-14-7-6-13(17)15(18)16(14)23-11/h2-7,11H,8-9,17-18H2,1H3. The van der Waals surface area contributed by atoms with Crippen LogP contribution in [0.2, 0.25) is 0 Å². The fraction of sp³-hybridized carbons (Fsp3) is 0.250. The van der Waals surface area contributed by atoms with E-state index >= 15 is 0 Å². The topological polar surface area (TPSA) is 114 Å². The average molecular weight is 350 g/mol. The van der Waals surface area contributed by atoms with E-state index in [4.69, 9.17) is 25.1 Å². The van der Waals surface area contributed by atoms with E-state index in [1.54, 1.807) is 24.3 Å². The first-order valence-electron chi connectivity index (χ1n) is 7.30. The van der Waals surface area contributed by atoms with Crippen molar-refractivity contribution in [2.24, 2.45) is 0 Å². The maximum Gasteiger partial charge on any atom is 0.297 e. The van der Waals surface area contributed by atoms with E-state index in [2.05, 4.69) is 0 Å². The molecular formula is C16H18N2O5S. The van der Waals surface area contributed by atoms with E-state index in [9.17, 15) is 8.42 Å². The molecule has 0 aromatic heterocycles. The van der Waals surface area contributed by atoms with Gasteiger partial charge in [-0.25, -0.2) is 0 Å². The minimum Gasteiger partial charge on any atom is -0.486 e. The zero-order valence-electron chi connectivity index (χ0n) is 13.1. The molecule has 7 nitrogen and oxygen atoms in total. The van der Waals surface area contributed by atoms with Crippen LogP contribution in [0, 0.1) is 6.92 Å². The molecule has 3 rings (SSSR count). The van der Waals surface area contributed by atoms with Crippen molar-refractivity contribution in [1.29, 1.82) is 0 Å². The highest BCUT2D eigenvalue weighted by Crippen LogP contribution is 2.40. The van der Waals surface area contributed by atoms with Gasteiger partial charge in [0, 0.05) is 0 Å². The molecule has 128 valence electrons. The molecule has 0 saturated carbocycles. The fourth-order valence-corrected chi connectivity index (χ4v) is 3.17. The normalized spacial score (nSPS) is 16.8. The van der Waals surface area contributed by atoms with E-state index in [1.165, 1.54) is 12.1 Å². The largest absolute Gasteiger partial charge is 0.486 e. The summed E-state index contributed by atoms with van der Waals surface area (Å²) in [5.74, 6) is 0.780. The number of hydrogen-bond acceptors (Lipinski definition) is 7. The van der Waals surface area contributed by atoms with Gasteiger partial charge in [-0.1, -0.05) is 17.7 Å². The predicted octanol–water partition coefficient (Wildman–Crippen LogP) is 1.70. The molecule has 0 amide bonds. The van der Waals surface area contributed by atoms with Gasteiger partial charge in [0.25, 0.3) is 10.1 Å². The van der Waals surface area contributed by atoms with Gasteiger partial charge in [-0.05, 0) is 31.2 Å². The van der Waals surface area contributed by atoms with Crippen molar-refractivity contribution in [3.8, 4) is 11.5 Å². The number of ether oxygens (including phenoxy) is 2. The molecule has 24 heavy (non-hydrogen) atoms. The SMILES string of the molecule is Cc1ccc(S(=O)(=O)OCC2COc3ccc(N)c(N)c3O2)cc1. The molecule has 0 fully saturated rings. The van der Waals surface area contributed by atoms with Crippen LogP contribution in [0.1, 0.15) is 5.56 Å². The van der Waals surface area contributed by atoms with E-state index < -0.39 is 16.2 Å². The van der Waals surface area contributed by atoms with Gasteiger partial charge in [0.15, 0.2) is 17.6 Å². The number of aryl methyl sites for hydroxylation is 1. The molecule has 0 bridgehead atoms. The third kappa shape index (κ3) is 3.24. The Morgan fingerprint density at radius 2 is 1.88 bits per heavy atom. The number of rotatable bonds is 4. The lowest BCUT2D eigenvalue weighted by molar-refractivity contribution is 0.0564. The van der Waals surface area contributed by atoms with Crippen LogP contribution in [0.15, 0.2) is 41.3 Å². The van der Waals surface area contributed by atoms with Crippen LogP contribution in [0.25, 0.3) is 0 Å². The minimum absolute atomic E-state index is 0.0917. The molecule has 2 aromatic rings. The predicted molar refractivity (Wildman–Crippen MR) is 89.5 cm³/mol. The molecule has 0 spiro atoms. The van der Waals surface area contributed by atoms with Gasteiger partial charge < -0.3 is 20.9 Å². The summed E-state index contributed by atoms with van der Waals surface area (Å²) in [5, 5.41) is 0. The summed E-state index contributed by atoms with van der Waals surface area (Å²) < 4.78 is 40.7. The van der Waals surface area contributed by atoms with Gasteiger partial charge in [-0.2, -0.15) is 8.42 Å². The van der Waals surface area contributed by atoms with Gasteiger partial charge >= 0.3 is 0 Å². The number of hydrogen-bond donors (Lipinski definition) is 2. The molecule has 1 atom stereocenters. The first-order chi connectivity index (χ1) is 11.4. The monoisotopic (exact) mass is 350 g/mol. The van der Waals surface area contributed by atoms with E-state index in [0.29, 0.717) is 17.2 Å². The quantitative estimate of drug-likeness (QED) is 0.637. The Balaban J connectivity index is 1.69. The van der Waals surface area contributed by atoms with Gasteiger partial charge in [-0.3, -0.25) is 4.18 Å². The maximum atomic E-state index is 12.2. The summed E-state index contributed by atoms with van der Waals surface area (Å²) in [4.78, 5) is 0.0917. The molecule has 1 aliphatic heterocycles. The second kappa shape index (κ2) is 6.21. The molecular weight excluding hydrogens is 332 g/mol. The van der Waals surface area contributed by atoms with Crippen LogP contribution in [0.5, 0.6) is 11.5 Å². The number of benzene rings is 2. The van der Waals surface area contributed by atoms with Crippen LogP contribution in [-0.2, 0) is 14.3 Å². The second-order valence-electron chi connectivity index (χ2n) is 5.50. The lowest BCUT2D eigenvalue weighted by atomic mass is 10.2. The van der Waals surface area contributed by atoms with Gasteiger partial charge in [0.05, 0.1) is 10.6 Å². The van der Waals surface area contributed by atoms with Gasteiger partial charge in [0.2, 0.25) is 0 Å². The summed E-state index contributed by atoms with van der Waals surface area (Å²) in [6.45, 7) is 1.83. The van der Waals surface area contributed by atoms with Crippen LogP contribution in [0.3, 0.4) is 0 Å². The summed E-state index contributed by atoms with van der Waals surface area (Å²) in [6.07, 6.45) is -0.609. The van der Waals surface area contributed by atoms with E-state index in [1.807, 2.05) is 6.92 Å². The van der Waals surface area contributed by atoms with Crippen molar-refractivity contribution in [3.63, 3.8) is 0 Å². The Labute approximate surface area is 140 Å². The smallest absolute Gasteiger partial charge is 0.297 e. The Kier molecular flexibility index (Phi) is 4.25. The molecule has 1 heterocycles. The van der Waals surface area contributed by atoms with Crippen LogP contribution >= 0.6 is 0 Å². The van der Waals surface area contributed by atoms with Crippen molar-refractivity contribution < 1.29 is 22.1 Å². The molecule has 1 aliphatic rings. The average Bonchev–Trinajstić information content (AvgIpc) is 2.57. The van der Waals surface area contributed by atoms with Crippen molar-refractivity contribution in [3.05, 3.63) is 42.0 Å². The lowest BCUT2D eigenvalue weighted by Gasteiger charge is -2.27. The molecule has 0 aliphatic carbocycles. The van der Waals surface area contributed by atoms with Gasteiger partial charge in [0.1, 0.15) is 18.9 Å². The Bertz CT molecular complexity index is 850. The molecule has 8 heteroatoms.